The number of ether oxygens (including phenoxy) is 1. The second kappa shape index (κ2) is 5.28. The first-order valence-electron chi connectivity index (χ1n) is 5.40. The quantitative estimate of drug-likeness (QED) is 0.929. The maximum absolute atomic E-state index is 14.2. The largest absolute Gasteiger partial charge is 0.494 e. The molecule has 0 aliphatic heterocycles. The lowest BCUT2D eigenvalue weighted by Gasteiger charge is -2.10. The van der Waals surface area contributed by atoms with Gasteiger partial charge in [-0.2, -0.15) is 0 Å². The Bertz CT molecular complexity index is 641. The van der Waals surface area contributed by atoms with Gasteiger partial charge in [-0.25, -0.2) is 9.18 Å². The maximum atomic E-state index is 14.2. The van der Waals surface area contributed by atoms with E-state index >= 15 is 0 Å². The van der Waals surface area contributed by atoms with E-state index in [-0.39, 0.29) is 27.5 Å². The van der Waals surface area contributed by atoms with Crippen LogP contribution in [0.25, 0.3) is 11.1 Å². The zero-order valence-corrected chi connectivity index (χ0v) is 10.7. The van der Waals surface area contributed by atoms with Gasteiger partial charge in [0, 0.05) is 10.6 Å². The summed E-state index contributed by atoms with van der Waals surface area (Å²) in [5.74, 6) is -1.71. The fourth-order valence-corrected chi connectivity index (χ4v) is 1.98. The molecule has 0 aliphatic rings. The van der Waals surface area contributed by atoms with Crippen LogP contribution in [0.4, 0.5) is 4.39 Å². The van der Waals surface area contributed by atoms with Crippen molar-refractivity contribution in [3.05, 3.63) is 52.8 Å². The van der Waals surface area contributed by atoms with Crippen molar-refractivity contribution in [3.63, 3.8) is 0 Å². The van der Waals surface area contributed by atoms with Crippen molar-refractivity contribution in [3.8, 4) is 16.9 Å². The molecule has 0 saturated heterocycles. The summed E-state index contributed by atoms with van der Waals surface area (Å²) in [4.78, 5) is 11.2. The standard InChI is InChI=1S/C14H10ClFO3/c1-19-12-4-2-3-10(13(12)16)9-6-5-8(15)7-11(9)14(17)18/h2-7H,1H3,(H,17,18). The number of aromatic carboxylic acids is 1. The third-order valence-electron chi connectivity index (χ3n) is 2.69. The molecule has 98 valence electrons. The van der Waals surface area contributed by atoms with Crippen molar-refractivity contribution in [1.82, 2.24) is 0 Å². The fourth-order valence-electron chi connectivity index (χ4n) is 1.80. The Morgan fingerprint density at radius 2 is 2.00 bits per heavy atom. The zero-order chi connectivity index (χ0) is 14.0. The predicted molar refractivity (Wildman–Crippen MR) is 70.4 cm³/mol. The summed E-state index contributed by atoms with van der Waals surface area (Å²) < 4.78 is 19.0. The van der Waals surface area contributed by atoms with E-state index in [0.29, 0.717) is 0 Å². The molecule has 2 aromatic rings. The predicted octanol–water partition coefficient (Wildman–Crippen LogP) is 3.85. The monoisotopic (exact) mass is 280 g/mol. The third kappa shape index (κ3) is 2.53. The molecule has 1 N–H and O–H groups in total. The molecule has 0 spiro atoms. The number of hydrogen-bond donors (Lipinski definition) is 1. The van der Waals surface area contributed by atoms with Gasteiger partial charge in [-0.3, -0.25) is 0 Å². The molecular weight excluding hydrogens is 271 g/mol. The molecule has 0 amide bonds. The number of carboxylic acid groups (broad SMARTS) is 1. The first-order valence-corrected chi connectivity index (χ1v) is 5.78. The normalized spacial score (nSPS) is 10.3. The summed E-state index contributed by atoms with van der Waals surface area (Å²) >= 11 is 5.76. The Balaban J connectivity index is 2.69. The van der Waals surface area contributed by atoms with E-state index in [2.05, 4.69) is 0 Å². The molecule has 0 fully saturated rings. The van der Waals surface area contributed by atoms with Crippen LogP contribution >= 0.6 is 11.6 Å². The number of carboxylic acids is 1. The molecule has 0 bridgehead atoms. The van der Waals surface area contributed by atoms with Gasteiger partial charge in [0.15, 0.2) is 11.6 Å². The van der Waals surface area contributed by atoms with Crippen molar-refractivity contribution >= 4 is 17.6 Å². The molecule has 0 atom stereocenters. The van der Waals surface area contributed by atoms with Gasteiger partial charge in [-0.1, -0.05) is 29.8 Å². The van der Waals surface area contributed by atoms with Crippen LogP contribution in [0.3, 0.4) is 0 Å². The molecule has 5 heteroatoms. The fraction of sp³-hybridized carbons (Fsp3) is 0.0714. The second-order valence-corrected chi connectivity index (χ2v) is 4.25. The van der Waals surface area contributed by atoms with E-state index in [1.54, 1.807) is 6.07 Å². The van der Waals surface area contributed by atoms with Crippen LogP contribution in [0.2, 0.25) is 5.02 Å². The van der Waals surface area contributed by atoms with Gasteiger partial charge in [0.05, 0.1) is 12.7 Å². The van der Waals surface area contributed by atoms with Crippen LogP contribution in [-0.4, -0.2) is 18.2 Å². The van der Waals surface area contributed by atoms with E-state index in [0.717, 1.165) is 0 Å². The van der Waals surface area contributed by atoms with E-state index in [1.165, 1.54) is 37.4 Å². The molecule has 0 radical (unpaired) electrons. The Morgan fingerprint density at radius 3 is 2.63 bits per heavy atom. The van der Waals surface area contributed by atoms with Crippen molar-refractivity contribution in [2.75, 3.05) is 7.11 Å². The molecule has 2 rings (SSSR count). The molecule has 0 saturated carbocycles. The number of methoxy groups -OCH3 is 1. The Morgan fingerprint density at radius 1 is 1.26 bits per heavy atom. The molecule has 0 unspecified atom stereocenters. The highest BCUT2D eigenvalue weighted by atomic mass is 35.5. The van der Waals surface area contributed by atoms with Crippen molar-refractivity contribution in [1.29, 1.82) is 0 Å². The van der Waals surface area contributed by atoms with E-state index in [4.69, 9.17) is 21.4 Å². The molecule has 0 aliphatic carbocycles. The number of rotatable bonds is 3. The van der Waals surface area contributed by atoms with Crippen LogP contribution in [0.15, 0.2) is 36.4 Å². The van der Waals surface area contributed by atoms with Crippen LogP contribution in [0.5, 0.6) is 5.75 Å². The second-order valence-electron chi connectivity index (χ2n) is 3.82. The SMILES string of the molecule is COc1cccc(-c2ccc(Cl)cc2C(=O)O)c1F. The number of halogens is 2. The summed E-state index contributed by atoms with van der Waals surface area (Å²) in [5.41, 5.74) is 0.362. The highest BCUT2D eigenvalue weighted by Gasteiger charge is 2.17. The molecular formula is C14H10ClFO3. The summed E-state index contributed by atoms with van der Waals surface area (Å²) in [7, 11) is 1.35. The Hall–Kier alpha value is -2.07. The lowest BCUT2D eigenvalue weighted by molar-refractivity contribution is 0.0697. The number of carbonyl (C=O) groups is 1. The summed E-state index contributed by atoms with van der Waals surface area (Å²) in [6.07, 6.45) is 0. The molecule has 0 aromatic heterocycles. The maximum Gasteiger partial charge on any atom is 0.336 e. The van der Waals surface area contributed by atoms with Crippen LogP contribution < -0.4 is 4.74 Å². The summed E-state index contributed by atoms with van der Waals surface area (Å²) in [6, 6.07) is 8.84. The van der Waals surface area contributed by atoms with Gasteiger partial charge in [0.2, 0.25) is 0 Å². The van der Waals surface area contributed by atoms with Gasteiger partial charge in [0.1, 0.15) is 0 Å². The highest BCUT2D eigenvalue weighted by molar-refractivity contribution is 6.31. The van der Waals surface area contributed by atoms with Crippen LogP contribution in [-0.2, 0) is 0 Å². The number of benzene rings is 2. The molecule has 19 heavy (non-hydrogen) atoms. The first kappa shape index (κ1) is 13.4. The molecule has 3 nitrogen and oxygen atoms in total. The van der Waals surface area contributed by atoms with Gasteiger partial charge >= 0.3 is 5.97 Å². The van der Waals surface area contributed by atoms with Crippen LogP contribution in [0, 0.1) is 5.82 Å². The summed E-state index contributed by atoms with van der Waals surface area (Å²) in [6.45, 7) is 0. The van der Waals surface area contributed by atoms with E-state index in [1.807, 2.05) is 0 Å². The topological polar surface area (TPSA) is 46.5 Å². The average Bonchev–Trinajstić information content (AvgIpc) is 2.39. The summed E-state index contributed by atoms with van der Waals surface area (Å²) in [5, 5.41) is 9.44. The van der Waals surface area contributed by atoms with Crippen LogP contribution in [0.1, 0.15) is 10.4 Å². The van der Waals surface area contributed by atoms with Crippen molar-refractivity contribution in [2.24, 2.45) is 0 Å². The third-order valence-corrected chi connectivity index (χ3v) is 2.92. The number of hydrogen-bond acceptors (Lipinski definition) is 2. The minimum Gasteiger partial charge on any atom is -0.494 e. The van der Waals surface area contributed by atoms with Gasteiger partial charge < -0.3 is 9.84 Å². The van der Waals surface area contributed by atoms with Gasteiger partial charge in [-0.05, 0) is 23.8 Å². The van der Waals surface area contributed by atoms with Gasteiger partial charge in [-0.15, -0.1) is 0 Å². The smallest absolute Gasteiger partial charge is 0.336 e. The zero-order valence-electron chi connectivity index (χ0n) is 9.98. The molecule has 2 aromatic carbocycles. The first-order chi connectivity index (χ1) is 9.04. The van der Waals surface area contributed by atoms with Crippen molar-refractivity contribution in [2.45, 2.75) is 0 Å². The minimum atomic E-state index is -1.17. The van der Waals surface area contributed by atoms with Crippen molar-refractivity contribution < 1.29 is 19.0 Å². The average molecular weight is 281 g/mol. The Kier molecular flexibility index (Phi) is 3.71. The van der Waals surface area contributed by atoms with E-state index in [9.17, 15) is 9.18 Å². The Labute approximate surface area is 114 Å². The van der Waals surface area contributed by atoms with Gasteiger partial charge in [0.25, 0.3) is 0 Å². The minimum absolute atomic E-state index is 0.0559. The lowest BCUT2D eigenvalue weighted by atomic mass is 9.99. The lowest BCUT2D eigenvalue weighted by Crippen LogP contribution is -2.01. The highest BCUT2D eigenvalue weighted by Crippen LogP contribution is 2.32. The molecule has 0 heterocycles. The van der Waals surface area contributed by atoms with E-state index < -0.39 is 11.8 Å².